The number of aliphatic imine (C=N–C) groups is 1. The van der Waals surface area contributed by atoms with E-state index in [1.165, 1.54) is 11.6 Å². The molecule has 1 aromatic heterocycles. The first kappa shape index (κ1) is 19.4. The molecule has 0 saturated carbocycles. The number of fused-ring (bicyclic) bond motifs is 4. The van der Waals surface area contributed by atoms with Gasteiger partial charge in [-0.1, -0.05) is 36.4 Å². The van der Waals surface area contributed by atoms with Crippen molar-refractivity contribution in [2.24, 2.45) is 25.0 Å². The zero-order valence-corrected chi connectivity index (χ0v) is 18.2. The molecule has 6 nitrogen and oxygen atoms in total. The molecule has 0 fully saturated rings. The Morgan fingerprint density at radius 3 is 2.19 bits per heavy atom. The summed E-state index contributed by atoms with van der Waals surface area (Å²) in [5.41, 5.74) is 5.88. The van der Waals surface area contributed by atoms with E-state index in [-0.39, 0.29) is 5.78 Å². The van der Waals surface area contributed by atoms with Crippen LogP contribution in [0.15, 0.2) is 51.0 Å². The van der Waals surface area contributed by atoms with Gasteiger partial charge in [0.25, 0.3) is 5.56 Å². The fourth-order valence-corrected chi connectivity index (χ4v) is 5.02. The molecular formula is C25H23N3O3. The van der Waals surface area contributed by atoms with Crippen LogP contribution < -0.4 is 11.2 Å². The van der Waals surface area contributed by atoms with E-state index in [9.17, 15) is 14.4 Å². The second-order valence-corrected chi connectivity index (χ2v) is 8.53. The summed E-state index contributed by atoms with van der Waals surface area (Å²) in [4.78, 5) is 44.4. The smallest absolute Gasteiger partial charge is 0.293 e. The van der Waals surface area contributed by atoms with Gasteiger partial charge in [-0.15, -0.1) is 0 Å². The van der Waals surface area contributed by atoms with Crippen LogP contribution in [0.3, 0.4) is 0 Å². The van der Waals surface area contributed by atoms with Crippen molar-refractivity contribution in [1.82, 2.24) is 9.13 Å². The van der Waals surface area contributed by atoms with Crippen molar-refractivity contribution in [3.8, 4) is 0 Å². The summed E-state index contributed by atoms with van der Waals surface area (Å²) < 4.78 is 2.52. The molecule has 5 rings (SSSR count). The predicted octanol–water partition coefficient (Wildman–Crippen LogP) is 3.09. The molecule has 1 aliphatic heterocycles. The molecule has 6 heteroatoms. The molecule has 2 aliphatic rings. The number of carbonyl (C=O) groups excluding carboxylic acids is 1. The fraction of sp³-hybridized carbons (Fsp3) is 0.280. The van der Waals surface area contributed by atoms with E-state index in [0.29, 0.717) is 22.7 Å². The molecule has 1 aliphatic carbocycles. The Balaban J connectivity index is 1.93. The zero-order chi connectivity index (χ0) is 22.2. The van der Waals surface area contributed by atoms with Gasteiger partial charge in [-0.05, 0) is 43.0 Å². The minimum Gasteiger partial charge on any atom is -0.293 e. The van der Waals surface area contributed by atoms with E-state index in [1.54, 1.807) is 7.05 Å². The lowest BCUT2D eigenvalue weighted by Gasteiger charge is -2.31. The summed E-state index contributed by atoms with van der Waals surface area (Å²) in [7, 11) is 3.09. The van der Waals surface area contributed by atoms with Gasteiger partial charge in [-0.2, -0.15) is 0 Å². The highest BCUT2D eigenvalue weighted by molar-refractivity contribution is 6.30. The molecule has 3 aromatic rings. The van der Waals surface area contributed by atoms with Crippen LogP contribution in [0.5, 0.6) is 0 Å². The maximum Gasteiger partial charge on any atom is 0.332 e. The fourth-order valence-electron chi connectivity index (χ4n) is 5.02. The number of nitrogens with zero attached hydrogens (tertiary/aromatic N) is 3. The molecule has 0 amide bonds. The quantitative estimate of drug-likeness (QED) is 0.615. The Morgan fingerprint density at radius 1 is 0.806 bits per heavy atom. The topological polar surface area (TPSA) is 73.4 Å². The molecule has 0 saturated heterocycles. The van der Waals surface area contributed by atoms with E-state index in [4.69, 9.17) is 4.99 Å². The lowest BCUT2D eigenvalue weighted by Crippen LogP contribution is -2.43. The lowest BCUT2D eigenvalue weighted by molar-refractivity contribution is 0.0953. The Morgan fingerprint density at radius 2 is 1.48 bits per heavy atom. The molecule has 0 N–H and O–H groups in total. The largest absolute Gasteiger partial charge is 0.332 e. The third-order valence-electron chi connectivity index (χ3n) is 7.02. The summed E-state index contributed by atoms with van der Waals surface area (Å²) in [6.07, 6.45) is 0. The average molecular weight is 413 g/mol. The molecule has 2 atom stereocenters. The monoisotopic (exact) mass is 413 g/mol. The van der Waals surface area contributed by atoms with Crippen molar-refractivity contribution in [1.29, 1.82) is 0 Å². The minimum atomic E-state index is -0.587. The number of benzene rings is 2. The number of Topliss-reactive ketones (excluding diaryl/α,β-unsaturated/α-hetero) is 1. The minimum absolute atomic E-state index is 0.0291. The maximum absolute atomic E-state index is 13.6. The van der Waals surface area contributed by atoms with Gasteiger partial charge in [0.05, 0.1) is 17.2 Å². The van der Waals surface area contributed by atoms with E-state index in [1.807, 2.05) is 50.2 Å². The molecule has 2 heterocycles. The molecule has 0 radical (unpaired) electrons. The number of carbonyl (C=O) groups is 1. The Hall–Kier alpha value is -3.54. The molecule has 31 heavy (non-hydrogen) atoms. The van der Waals surface area contributed by atoms with Gasteiger partial charge in [0.15, 0.2) is 5.78 Å². The summed E-state index contributed by atoms with van der Waals surface area (Å²) in [6.45, 7) is 6.13. The van der Waals surface area contributed by atoms with Gasteiger partial charge < -0.3 is 0 Å². The van der Waals surface area contributed by atoms with Crippen LogP contribution in [0, 0.1) is 26.7 Å². The predicted molar refractivity (Wildman–Crippen MR) is 120 cm³/mol. The molecule has 0 unspecified atom stereocenters. The maximum atomic E-state index is 13.6. The highest BCUT2D eigenvalue weighted by atomic mass is 16.2. The van der Waals surface area contributed by atoms with Gasteiger partial charge in [0, 0.05) is 31.1 Å². The van der Waals surface area contributed by atoms with Crippen molar-refractivity contribution in [2.45, 2.75) is 26.7 Å². The van der Waals surface area contributed by atoms with Gasteiger partial charge in [-0.3, -0.25) is 18.7 Å². The van der Waals surface area contributed by atoms with Crippen molar-refractivity contribution >= 4 is 17.3 Å². The third-order valence-corrected chi connectivity index (χ3v) is 7.02. The molecule has 0 bridgehead atoms. The summed E-state index contributed by atoms with van der Waals surface area (Å²) in [5.74, 6) is -0.784. The SMILES string of the molecule is Cc1ccc([C@@H]2c3c(n(C)c(=O)n(C)c3=O)N=C3c4ccccc4C(=O)[C@H]32)c(C)c1C. The van der Waals surface area contributed by atoms with E-state index < -0.39 is 23.1 Å². The van der Waals surface area contributed by atoms with Crippen molar-refractivity contribution in [3.63, 3.8) is 0 Å². The first-order valence-corrected chi connectivity index (χ1v) is 10.3. The Bertz CT molecular complexity index is 1460. The van der Waals surface area contributed by atoms with E-state index >= 15 is 0 Å². The van der Waals surface area contributed by atoms with Crippen molar-refractivity contribution in [3.05, 3.63) is 96.2 Å². The van der Waals surface area contributed by atoms with Crippen LogP contribution in [-0.2, 0) is 14.1 Å². The van der Waals surface area contributed by atoms with Gasteiger partial charge in [0.1, 0.15) is 5.82 Å². The Labute approximate surface area is 179 Å². The van der Waals surface area contributed by atoms with Crippen LogP contribution in [0.2, 0.25) is 0 Å². The summed E-state index contributed by atoms with van der Waals surface area (Å²) >= 11 is 0. The van der Waals surface area contributed by atoms with Crippen LogP contribution >= 0.6 is 0 Å². The van der Waals surface area contributed by atoms with Gasteiger partial charge in [-0.25, -0.2) is 9.79 Å². The molecule has 0 spiro atoms. The van der Waals surface area contributed by atoms with Crippen LogP contribution in [0.4, 0.5) is 5.82 Å². The average Bonchev–Trinajstić information content (AvgIpc) is 3.06. The number of aromatic nitrogens is 2. The van der Waals surface area contributed by atoms with Gasteiger partial charge >= 0.3 is 5.69 Å². The van der Waals surface area contributed by atoms with Crippen LogP contribution in [-0.4, -0.2) is 20.6 Å². The second kappa shape index (κ2) is 6.48. The normalized spacial score (nSPS) is 19.0. The van der Waals surface area contributed by atoms with E-state index in [0.717, 1.165) is 32.4 Å². The number of ketones is 1. The lowest BCUT2D eigenvalue weighted by atomic mass is 9.74. The van der Waals surface area contributed by atoms with Crippen molar-refractivity contribution < 1.29 is 4.79 Å². The standard InChI is InChI=1S/C25H23N3O3/c1-12-10-11-15(14(3)13(12)2)18-19-21(16-8-6-7-9-17(16)22(19)29)26-23-20(18)24(30)28(5)25(31)27(23)4/h6-11,18-19H,1-5H3/t18-,19-/m0/s1. The zero-order valence-electron chi connectivity index (χ0n) is 18.2. The molecule has 2 aromatic carbocycles. The third kappa shape index (κ3) is 2.45. The molecule has 156 valence electrons. The van der Waals surface area contributed by atoms with Crippen molar-refractivity contribution in [2.75, 3.05) is 0 Å². The number of hydrogen-bond donors (Lipinski definition) is 0. The second-order valence-electron chi connectivity index (χ2n) is 8.53. The number of hydrogen-bond acceptors (Lipinski definition) is 4. The number of aryl methyl sites for hydroxylation is 1. The highest BCUT2D eigenvalue weighted by Gasteiger charge is 2.48. The first-order valence-electron chi connectivity index (χ1n) is 10.3. The first-order chi connectivity index (χ1) is 14.7. The Kier molecular flexibility index (Phi) is 4.06. The van der Waals surface area contributed by atoms with Crippen LogP contribution in [0.25, 0.3) is 0 Å². The molecular weight excluding hydrogens is 390 g/mol. The van der Waals surface area contributed by atoms with E-state index in [2.05, 4.69) is 6.92 Å². The number of rotatable bonds is 1. The van der Waals surface area contributed by atoms with Crippen LogP contribution in [0.1, 0.15) is 49.7 Å². The highest BCUT2D eigenvalue weighted by Crippen LogP contribution is 2.47. The van der Waals surface area contributed by atoms with Gasteiger partial charge in [0.2, 0.25) is 0 Å². The summed E-state index contributed by atoms with van der Waals surface area (Å²) in [5, 5.41) is 0. The summed E-state index contributed by atoms with van der Waals surface area (Å²) in [6, 6.07) is 11.5.